The number of aromatic nitrogens is 2. The minimum atomic E-state index is -1.63. The number of nitriles is 1. The quantitative estimate of drug-likeness (QED) is 0.328. The van der Waals surface area contributed by atoms with Crippen LogP contribution in [-0.2, 0) is 11.3 Å². The topological polar surface area (TPSA) is 159 Å². The van der Waals surface area contributed by atoms with Gasteiger partial charge < -0.3 is 14.4 Å². The highest BCUT2D eigenvalue weighted by atomic mass is 35.5. The first-order valence-electron chi connectivity index (χ1n) is 9.31. The fraction of sp³-hybridized carbons (Fsp3) is 0.0476. The Balaban J connectivity index is 1.79. The maximum absolute atomic E-state index is 12.2. The Morgan fingerprint density at radius 3 is 2.47 bits per heavy atom. The van der Waals surface area contributed by atoms with Gasteiger partial charge >= 0.3 is 6.09 Å². The molecule has 2 aromatic heterocycles. The fourth-order valence-corrected chi connectivity index (χ4v) is 3.19. The number of halogens is 2. The Labute approximate surface area is 201 Å². The second-order valence-corrected chi connectivity index (χ2v) is 7.32. The lowest BCUT2D eigenvalue weighted by Gasteiger charge is -2.13. The number of nitrogens with one attached hydrogen (secondary N) is 2. The number of hydrogen-bond acceptors (Lipinski definition) is 8. The number of rotatable bonds is 7. The van der Waals surface area contributed by atoms with Gasteiger partial charge in [-0.05, 0) is 35.9 Å². The number of pyridine rings is 2. The first kappa shape index (κ1) is 24.2. The lowest BCUT2D eigenvalue weighted by atomic mass is 10.2. The van der Waals surface area contributed by atoms with Crippen molar-refractivity contribution in [1.29, 1.82) is 5.26 Å². The van der Waals surface area contributed by atoms with Gasteiger partial charge in [0.1, 0.15) is 11.8 Å². The van der Waals surface area contributed by atoms with E-state index in [0.29, 0.717) is 12.3 Å². The van der Waals surface area contributed by atoms with E-state index < -0.39 is 17.7 Å². The van der Waals surface area contributed by atoms with Crippen LogP contribution in [0.3, 0.4) is 0 Å². The monoisotopic (exact) mass is 500 g/mol. The number of anilines is 1. The van der Waals surface area contributed by atoms with E-state index in [1.54, 1.807) is 24.5 Å². The molecule has 3 N–H and O–H groups in total. The van der Waals surface area contributed by atoms with E-state index in [0.717, 1.165) is 5.56 Å². The van der Waals surface area contributed by atoms with Crippen LogP contribution in [0.2, 0.25) is 10.0 Å². The number of nitrogens with zero attached hydrogens (tertiary/aromatic N) is 4. The molecule has 0 aliphatic rings. The lowest BCUT2D eigenvalue weighted by Crippen LogP contribution is -2.34. The van der Waals surface area contributed by atoms with Crippen LogP contribution in [0, 0.1) is 11.3 Å². The van der Waals surface area contributed by atoms with E-state index >= 15 is 0 Å². The summed E-state index contributed by atoms with van der Waals surface area (Å²) in [7, 11) is 0. The molecule has 13 heteroatoms. The zero-order valence-electron chi connectivity index (χ0n) is 17.0. The van der Waals surface area contributed by atoms with E-state index in [9.17, 15) is 14.4 Å². The molecule has 0 radical (unpaired) electrons. The van der Waals surface area contributed by atoms with E-state index in [-0.39, 0.29) is 27.0 Å². The lowest BCUT2D eigenvalue weighted by molar-refractivity contribution is -0.114. The molecule has 0 atom stereocenters. The van der Waals surface area contributed by atoms with Crippen molar-refractivity contribution in [3.8, 4) is 17.6 Å². The van der Waals surface area contributed by atoms with Gasteiger partial charge in [0.2, 0.25) is 5.71 Å². The Hall–Kier alpha value is -4.40. The predicted molar refractivity (Wildman–Crippen MR) is 123 cm³/mol. The van der Waals surface area contributed by atoms with Crippen molar-refractivity contribution in [3.63, 3.8) is 0 Å². The third-order valence-corrected chi connectivity index (χ3v) is 4.68. The zero-order valence-corrected chi connectivity index (χ0v) is 18.5. The number of hydrogen-bond donors (Lipinski definition) is 3. The predicted octanol–water partition coefficient (Wildman–Crippen LogP) is 3.48. The average Bonchev–Trinajstić information content (AvgIpc) is 2.79. The summed E-state index contributed by atoms with van der Waals surface area (Å²) in [5.74, 6) is -0.814. The summed E-state index contributed by atoms with van der Waals surface area (Å²) in [6.07, 6.45) is 3.12. The summed E-state index contributed by atoms with van der Waals surface area (Å²) in [4.78, 5) is 38.2. The molecule has 0 spiro atoms. The van der Waals surface area contributed by atoms with E-state index in [2.05, 4.69) is 15.5 Å². The maximum Gasteiger partial charge on any atom is 0.411 e. The standard InChI is InChI=1S/C21H14Cl2N6O5/c22-15-7-13(27-28-17(9-24)20(31)26-21(32)33)8-16(23)19(15)34-14-1-2-18(30)29(11-14)10-12-3-5-25-6-4-12/h1-8,11,27H,10H2,(H,26,31)(H,32,33). The number of carboxylic acid groups (broad SMARTS) is 1. The average molecular weight is 501 g/mol. The number of hydrazone groups is 1. The van der Waals surface area contributed by atoms with Crippen molar-refractivity contribution in [1.82, 2.24) is 14.9 Å². The molecule has 0 fully saturated rings. The highest BCUT2D eigenvalue weighted by Gasteiger charge is 2.15. The third-order valence-electron chi connectivity index (χ3n) is 4.12. The van der Waals surface area contributed by atoms with Crippen LogP contribution in [0.5, 0.6) is 11.5 Å². The van der Waals surface area contributed by atoms with Crippen molar-refractivity contribution in [2.45, 2.75) is 6.54 Å². The molecule has 0 aliphatic heterocycles. The molecule has 0 saturated carbocycles. The summed E-state index contributed by atoms with van der Waals surface area (Å²) in [6, 6.07) is 10.6. The highest BCUT2D eigenvalue weighted by Crippen LogP contribution is 2.38. The molecule has 2 heterocycles. The minimum Gasteiger partial charge on any atom is -0.465 e. The molecule has 3 rings (SSSR count). The van der Waals surface area contributed by atoms with Crippen LogP contribution < -0.4 is 21.0 Å². The number of ether oxygens (including phenoxy) is 1. The molecule has 1 aromatic carbocycles. The number of amides is 2. The van der Waals surface area contributed by atoms with Crippen LogP contribution in [0.4, 0.5) is 10.5 Å². The second kappa shape index (κ2) is 11.0. The van der Waals surface area contributed by atoms with Gasteiger partial charge in [-0.15, -0.1) is 0 Å². The molecule has 0 saturated heterocycles. The van der Waals surface area contributed by atoms with Crippen molar-refractivity contribution < 1.29 is 19.4 Å². The molecule has 2 amide bonds. The van der Waals surface area contributed by atoms with Gasteiger partial charge in [0.15, 0.2) is 5.75 Å². The molecule has 3 aromatic rings. The summed E-state index contributed by atoms with van der Waals surface area (Å²) in [5.41, 5.74) is 2.50. The van der Waals surface area contributed by atoms with Crippen molar-refractivity contribution in [2.24, 2.45) is 5.10 Å². The maximum atomic E-state index is 12.2. The Morgan fingerprint density at radius 1 is 1.18 bits per heavy atom. The third kappa shape index (κ3) is 6.32. The number of imide groups is 1. The molecule has 0 unspecified atom stereocenters. The van der Waals surface area contributed by atoms with Crippen LogP contribution in [0.25, 0.3) is 0 Å². The van der Waals surface area contributed by atoms with Crippen LogP contribution in [0.15, 0.2) is 64.9 Å². The highest BCUT2D eigenvalue weighted by molar-refractivity contribution is 6.46. The van der Waals surface area contributed by atoms with Crippen LogP contribution in [0.1, 0.15) is 5.56 Å². The second-order valence-electron chi connectivity index (χ2n) is 6.50. The van der Waals surface area contributed by atoms with E-state index in [4.69, 9.17) is 38.3 Å². The van der Waals surface area contributed by atoms with Crippen LogP contribution >= 0.6 is 23.2 Å². The minimum absolute atomic E-state index is 0.0607. The van der Waals surface area contributed by atoms with Crippen LogP contribution in [-0.4, -0.2) is 32.4 Å². The molecule has 172 valence electrons. The van der Waals surface area contributed by atoms with Gasteiger partial charge in [0.05, 0.1) is 28.5 Å². The first-order chi connectivity index (χ1) is 16.3. The van der Waals surface area contributed by atoms with Gasteiger partial charge in [-0.2, -0.15) is 10.4 Å². The fourth-order valence-electron chi connectivity index (χ4n) is 2.62. The summed E-state index contributed by atoms with van der Waals surface area (Å²) < 4.78 is 7.22. The zero-order chi connectivity index (χ0) is 24.7. The molecule has 11 nitrogen and oxygen atoms in total. The molecular formula is C21H14Cl2N6O5. The Kier molecular flexibility index (Phi) is 7.81. The number of benzene rings is 1. The molecular weight excluding hydrogens is 487 g/mol. The first-order valence-corrected chi connectivity index (χ1v) is 10.1. The van der Waals surface area contributed by atoms with Gasteiger partial charge in [0, 0.05) is 18.5 Å². The van der Waals surface area contributed by atoms with Gasteiger partial charge in [-0.1, -0.05) is 23.2 Å². The SMILES string of the molecule is N#CC(=NNc1cc(Cl)c(Oc2ccc(=O)n(Cc3ccncc3)c2)c(Cl)c1)C(=O)NC(=O)O. The smallest absolute Gasteiger partial charge is 0.411 e. The summed E-state index contributed by atoms with van der Waals surface area (Å²) in [5, 5.41) is 22.7. The number of carbonyl (C=O) groups excluding carboxylic acids is 1. The van der Waals surface area contributed by atoms with Crippen molar-refractivity contribution >= 4 is 46.6 Å². The normalized spacial score (nSPS) is 10.8. The van der Waals surface area contributed by atoms with E-state index in [1.165, 1.54) is 46.4 Å². The summed E-state index contributed by atoms with van der Waals surface area (Å²) in [6.45, 7) is 0.303. The van der Waals surface area contributed by atoms with Gasteiger partial charge in [0.25, 0.3) is 11.5 Å². The van der Waals surface area contributed by atoms with Crippen molar-refractivity contribution in [3.05, 3.63) is 81.0 Å². The Bertz CT molecular complexity index is 1350. The van der Waals surface area contributed by atoms with Crippen molar-refractivity contribution in [2.75, 3.05) is 5.43 Å². The van der Waals surface area contributed by atoms with E-state index in [1.807, 2.05) is 0 Å². The number of carbonyl (C=O) groups is 2. The molecule has 0 bridgehead atoms. The van der Waals surface area contributed by atoms with Gasteiger partial charge in [-0.25, -0.2) is 4.79 Å². The molecule has 0 aliphatic carbocycles. The Morgan fingerprint density at radius 2 is 1.85 bits per heavy atom. The van der Waals surface area contributed by atoms with Gasteiger partial charge in [-0.3, -0.25) is 25.3 Å². The largest absolute Gasteiger partial charge is 0.465 e. The molecule has 34 heavy (non-hydrogen) atoms. The summed E-state index contributed by atoms with van der Waals surface area (Å²) >= 11 is 12.5.